The van der Waals surface area contributed by atoms with Gasteiger partial charge in [0.2, 0.25) is 35.4 Å². The Kier molecular flexibility index (Phi) is 22.1. The van der Waals surface area contributed by atoms with Crippen LogP contribution in [0, 0.1) is 5.92 Å². The number of carboxylic acids is 1. The highest BCUT2D eigenvalue weighted by Crippen LogP contribution is 2.14. The zero-order valence-corrected chi connectivity index (χ0v) is 39.3. The number of aromatic nitrogens is 3. The summed E-state index contributed by atoms with van der Waals surface area (Å²) < 4.78 is 22.4. The Morgan fingerprint density at radius 2 is 1.14 bits per heavy atom. The van der Waals surface area contributed by atoms with Crippen LogP contribution in [0.4, 0.5) is 0 Å². The second-order valence-corrected chi connectivity index (χ2v) is 18.4. The predicted octanol–water partition coefficient (Wildman–Crippen LogP) is -0.560. The van der Waals surface area contributed by atoms with Crippen LogP contribution in [0.5, 0.6) is 0 Å². The van der Waals surface area contributed by atoms with Crippen molar-refractivity contribution in [2.24, 2.45) is 11.7 Å². The van der Waals surface area contributed by atoms with Crippen LogP contribution >= 0.6 is 0 Å². The lowest BCUT2D eigenvalue weighted by Crippen LogP contribution is -2.60. The molecule has 366 valence electrons. The number of hydrogen-bond acceptors (Lipinski definition) is 16. The average molecular weight is 926 g/mol. The second-order valence-electron chi connectivity index (χ2n) is 18.4. The summed E-state index contributed by atoms with van der Waals surface area (Å²) in [5.41, 5.74) is 2.67. The molecule has 0 aliphatic heterocycles. The molecule has 6 amide bonds. The maximum Gasteiger partial charge on any atom is 0.308 e. The summed E-state index contributed by atoms with van der Waals surface area (Å²) in [5.74, 6) is -10.0. The first kappa shape index (κ1) is 56.8. The van der Waals surface area contributed by atoms with Gasteiger partial charge >= 0.3 is 23.9 Å². The molecule has 1 rings (SSSR count). The van der Waals surface area contributed by atoms with Crippen molar-refractivity contribution < 1.29 is 72.0 Å². The van der Waals surface area contributed by atoms with Gasteiger partial charge in [-0.1, -0.05) is 19.1 Å². The van der Waals surface area contributed by atoms with Crippen molar-refractivity contribution in [1.82, 2.24) is 41.6 Å². The highest BCUT2D eigenvalue weighted by molar-refractivity contribution is 5.98. The summed E-state index contributed by atoms with van der Waals surface area (Å²) >= 11 is 0. The van der Waals surface area contributed by atoms with E-state index in [4.69, 9.17) is 29.8 Å². The van der Waals surface area contributed by atoms with Crippen molar-refractivity contribution in [3.05, 3.63) is 11.9 Å². The standard InChI is InChI=1S/C41H67N9O15/c1-22(2)33(38(61)46-27(18-32(56)65-41(10,11)12)36(59)43-23(3)34(42)57)47-35(58)25(13-14-30(54)63-39(4,5)6)45-37(60)26(17-31(55)64-40(7,8)9)44-28(51)20-50-19-24(48-49-50)21-62-16-15-29(52)53/h19,22-23,25-27,33H,13-18,20-21H2,1-12H3,(H2,42,57)(H,43,59)(H,44,51)(H,45,60)(H,46,61)(H,47,58)(H,52,53)/t23-,25+,26+,27+,33+/m1/s1. The molecule has 1 heterocycles. The largest absolute Gasteiger partial charge is 0.481 e. The fourth-order valence-corrected chi connectivity index (χ4v) is 5.35. The van der Waals surface area contributed by atoms with Gasteiger partial charge in [0.25, 0.3) is 0 Å². The van der Waals surface area contributed by atoms with Gasteiger partial charge in [-0.15, -0.1) is 5.10 Å². The molecular formula is C41H67N9O15. The Bertz CT molecular complexity index is 1860. The molecule has 0 aliphatic carbocycles. The number of ether oxygens (including phenoxy) is 4. The third-order valence-electron chi connectivity index (χ3n) is 8.19. The van der Waals surface area contributed by atoms with Gasteiger partial charge < -0.3 is 56.4 Å². The molecule has 1 aromatic rings. The summed E-state index contributed by atoms with van der Waals surface area (Å²) in [6.45, 7) is 18.0. The molecule has 5 atom stereocenters. The minimum atomic E-state index is -1.67. The van der Waals surface area contributed by atoms with Crippen LogP contribution in [-0.4, -0.2) is 133 Å². The third-order valence-corrected chi connectivity index (χ3v) is 8.19. The van der Waals surface area contributed by atoms with Crippen LogP contribution in [0.2, 0.25) is 0 Å². The zero-order chi connectivity index (χ0) is 50.0. The van der Waals surface area contributed by atoms with Crippen LogP contribution in [0.3, 0.4) is 0 Å². The highest BCUT2D eigenvalue weighted by atomic mass is 16.6. The first-order valence-electron chi connectivity index (χ1n) is 20.9. The molecule has 0 radical (unpaired) electrons. The maximum absolute atomic E-state index is 14.1. The number of hydrogen-bond donors (Lipinski definition) is 7. The number of nitrogens with zero attached hydrogens (tertiary/aromatic N) is 3. The zero-order valence-electron chi connectivity index (χ0n) is 39.3. The minimum Gasteiger partial charge on any atom is -0.481 e. The van der Waals surface area contributed by atoms with Gasteiger partial charge in [0.1, 0.15) is 59.3 Å². The summed E-state index contributed by atoms with van der Waals surface area (Å²) in [7, 11) is 0. The lowest BCUT2D eigenvalue weighted by Gasteiger charge is -2.29. The minimum absolute atomic E-state index is 0.0969. The number of aliphatic carboxylic acids is 1. The number of amides is 6. The Hall–Kier alpha value is -6.20. The first-order chi connectivity index (χ1) is 29.7. The maximum atomic E-state index is 14.1. The Labute approximate surface area is 377 Å². The van der Waals surface area contributed by atoms with Gasteiger partial charge in [-0.25, -0.2) is 4.68 Å². The van der Waals surface area contributed by atoms with Crippen molar-refractivity contribution in [3.63, 3.8) is 0 Å². The number of nitrogens with two attached hydrogens (primary N) is 1. The van der Waals surface area contributed by atoms with E-state index >= 15 is 0 Å². The van der Waals surface area contributed by atoms with Crippen LogP contribution in [-0.2, 0) is 80.0 Å². The molecule has 0 fully saturated rings. The van der Waals surface area contributed by atoms with Crippen LogP contribution in [0.15, 0.2) is 6.20 Å². The fraction of sp³-hybridized carbons (Fsp3) is 0.707. The number of carbonyl (C=O) groups excluding carboxylic acids is 9. The molecule has 24 heteroatoms. The molecule has 0 bridgehead atoms. The molecule has 8 N–H and O–H groups in total. The van der Waals surface area contributed by atoms with Gasteiger partial charge in [-0.3, -0.25) is 47.9 Å². The van der Waals surface area contributed by atoms with Gasteiger partial charge in [0, 0.05) is 6.42 Å². The van der Waals surface area contributed by atoms with Gasteiger partial charge in [0.05, 0.1) is 38.7 Å². The monoisotopic (exact) mass is 925 g/mol. The Morgan fingerprint density at radius 3 is 1.63 bits per heavy atom. The van der Waals surface area contributed by atoms with E-state index < -0.39 is 144 Å². The molecule has 24 nitrogen and oxygen atoms in total. The summed E-state index contributed by atoms with van der Waals surface area (Å²) in [6, 6.07) is -7.54. The molecule has 1 aromatic heterocycles. The number of carbonyl (C=O) groups is 10. The number of nitrogens with one attached hydrogen (secondary N) is 5. The van der Waals surface area contributed by atoms with E-state index in [0.29, 0.717) is 0 Å². The average Bonchev–Trinajstić information content (AvgIpc) is 3.57. The van der Waals surface area contributed by atoms with E-state index in [0.717, 1.165) is 4.68 Å². The van der Waals surface area contributed by atoms with Gasteiger partial charge in [0.15, 0.2) is 0 Å². The molecule has 0 saturated carbocycles. The SMILES string of the molecule is CC(C)[C@H](NC(=O)[C@H](CCC(=O)OC(C)(C)C)NC(=O)[C@H](CC(=O)OC(C)(C)C)NC(=O)Cn1cc(COCCC(=O)O)nn1)C(=O)N[C@@H](CC(=O)OC(C)(C)C)C(=O)N[C@H](C)C(N)=O. The lowest BCUT2D eigenvalue weighted by molar-refractivity contribution is -0.157. The van der Waals surface area contributed by atoms with E-state index in [-0.39, 0.29) is 25.3 Å². The van der Waals surface area contributed by atoms with E-state index in [1.807, 2.05) is 0 Å². The Morgan fingerprint density at radius 1 is 0.662 bits per heavy atom. The van der Waals surface area contributed by atoms with Crippen LogP contribution in [0.1, 0.15) is 121 Å². The molecule has 0 aliphatic rings. The van der Waals surface area contributed by atoms with Crippen molar-refractivity contribution in [1.29, 1.82) is 0 Å². The molecule has 0 unspecified atom stereocenters. The van der Waals surface area contributed by atoms with Crippen molar-refractivity contribution >= 4 is 59.3 Å². The molecule has 0 spiro atoms. The highest BCUT2D eigenvalue weighted by Gasteiger charge is 2.36. The van der Waals surface area contributed by atoms with E-state index in [2.05, 4.69) is 36.9 Å². The van der Waals surface area contributed by atoms with E-state index in [1.54, 1.807) is 76.2 Å². The van der Waals surface area contributed by atoms with E-state index in [1.165, 1.54) is 13.1 Å². The van der Waals surface area contributed by atoms with Gasteiger partial charge in [-0.05, 0) is 81.6 Å². The summed E-state index contributed by atoms with van der Waals surface area (Å²) in [5, 5.41) is 28.6. The Balaban J connectivity index is 3.49. The summed E-state index contributed by atoms with van der Waals surface area (Å²) in [4.78, 5) is 130. The number of rotatable bonds is 25. The molecule has 0 saturated heterocycles. The number of esters is 3. The van der Waals surface area contributed by atoms with Crippen LogP contribution < -0.4 is 32.3 Å². The number of primary amides is 1. The second kappa shape index (κ2) is 25.3. The van der Waals surface area contributed by atoms with Gasteiger partial charge in [-0.2, -0.15) is 0 Å². The lowest BCUT2D eigenvalue weighted by atomic mass is 10.0. The molecular weight excluding hydrogens is 858 g/mol. The van der Waals surface area contributed by atoms with Crippen molar-refractivity contribution in [2.75, 3.05) is 6.61 Å². The first-order valence-corrected chi connectivity index (χ1v) is 20.9. The number of carboxylic acid groups (broad SMARTS) is 1. The van der Waals surface area contributed by atoms with E-state index in [9.17, 15) is 47.9 Å². The third kappa shape index (κ3) is 24.4. The normalized spacial score (nSPS) is 14.0. The summed E-state index contributed by atoms with van der Waals surface area (Å²) in [6.07, 6.45) is -1.14. The smallest absolute Gasteiger partial charge is 0.308 e. The predicted molar refractivity (Wildman–Crippen MR) is 227 cm³/mol. The van der Waals surface area contributed by atoms with Crippen molar-refractivity contribution in [3.8, 4) is 0 Å². The van der Waals surface area contributed by atoms with Crippen molar-refractivity contribution in [2.45, 2.75) is 175 Å². The van der Waals surface area contributed by atoms with Crippen LogP contribution in [0.25, 0.3) is 0 Å². The quantitative estimate of drug-likeness (QED) is 0.0367. The molecule has 65 heavy (non-hydrogen) atoms. The molecule has 0 aromatic carbocycles. The topological polar surface area (TPSA) is 345 Å². The fourth-order valence-electron chi connectivity index (χ4n) is 5.35.